The van der Waals surface area contributed by atoms with Gasteiger partial charge < -0.3 is 9.47 Å². The number of amides is 1. The number of benzene rings is 1. The van der Waals surface area contributed by atoms with Crippen LogP contribution in [0.2, 0.25) is 0 Å². The van der Waals surface area contributed by atoms with Gasteiger partial charge in [0.1, 0.15) is 18.2 Å². The second-order valence-electron chi connectivity index (χ2n) is 7.63. The number of halogens is 1. The molecule has 3 aromatic heterocycles. The van der Waals surface area contributed by atoms with Crippen molar-refractivity contribution in [1.82, 2.24) is 20.2 Å². The topological polar surface area (TPSA) is 140 Å². The van der Waals surface area contributed by atoms with Crippen LogP contribution in [-0.2, 0) is 16.3 Å². The quantitative estimate of drug-likeness (QED) is 0.345. The van der Waals surface area contributed by atoms with E-state index in [1.165, 1.54) is 37.9 Å². The van der Waals surface area contributed by atoms with Crippen molar-refractivity contribution in [1.29, 1.82) is 4.78 Å². The molecule has 0 bridgehead atoms. The maximum Gasteiger partial charge on any atom is 0.296 e. The molecule has 10 nitrogen and oxygen atoms in total. The van der Waals surface area contributed by atoms with Gasteiger partial charge in [0.15, 0.2) is 0 Å². The highest BCUT2D eigenvalue weighted by atomic mass is 32.2. The van der Waals surface area contributed by atoms with Crippen LogP contribution in [0.25, 0.3) is 11.1 Å². The van der Waals surface area contributed by atoms with Crippen molar-refractivity contribution in [3.63, 3.8) is 0 Å². The van der Waals surface area contributed by atoms with Gasteiger partial charge in [-0.05, 0) is 48.6 Å². The fourth-order valence-electron chi connectivity index (χ4n) is 3.23. The van der Waals surface area contributed by atoms with E-state index in [1.54, 1.807) is 31.2 Å². The average Bonchev–Trinajstić information content (AvgIpc) is 3.29. The first-order valence-electron chi connectivity index (χ1n) is 10.4. The van der Waals surface area contributed by atoms with Crippen LogP contribution < -0.4 is 14.8 Å². The van der Waals surface area contributed by atoms with Gasteiger partial charge in [0.25, 0.3) is 11.1 Å². The highest BCUT2D eigenvalue weighted by Gasteiger charge is 2.21. The van der Waals surface area contributed by atoms with E-state index in [0.717, 1.165) is 11.3 Å². The Morgan fingerprint density at radius 3 is 2.69 bits per heavy atom. The van der Waals surface area contributed by atoms with Gasteiger partial charge in [0.2, 0.25) is 5.13 Å². The lowest BCUT2D eigenvalue weighted by Gasteiger charge is -2.14. The number of rotatable bonds is 8. The van der Waals surface area contributed by atoms with E-state index in [9.17, 15) is 13.4 Å². The molecule has 186 valence electrons. The van der Waals surface area contributed by atoms with Gasteiger partial charge in [0.05, 0.1) is 38.6 Å². The number of hydrogen-bond acceptors (Lipinski definition) is 10. The number of carbonyl (C=O) groups is 1. The summed E-state index contributed by atoms with van der Waals surface area (Å²) in [6.45, 7) is 1.80. The van der Waals surface area contributed by atoms with E-state index in [4.69, 9.17) is 14.3 Å². The lowest BCUT2D eigenvalue weighted by atomic mass is 9.98. The third kappa shape index (κ3) is 5.63. The van der Waals surface area contributed by atoms with E-state index in [0.29, 0.717) is 21.8 Å². The maximum atomic E-state index is 14.7. The Bertz CT molecular complexity index is 1520. The smallest absolute Gasteiger partial charge is 0.296 e. The molecule has 1 amide bonds. The van der Waals surface area contributed by atoms with Crippen LogP contribution in [0.3, 0.4) is 0 Å². The van der Waals surface area contributed by atoms with Crippen molar-refractivity contribution < 1.29 is 22.9 Å². The molecule has 0 aliphatic rings. The predicted molar refractivity (Wildman–Crippen MR) is 132 cm³/mol. The summed E-state index contributed by atoms with van der Waals surface area (Å²) >= 11 is 0.999. The molecule has 3 heterocycles. The van der Waals surface area contributed by atoms with Crippen LogP contribution in [0.5, 0.6) is 10.9 Å². The molecule has 0 aliphatic carbocycles. The molecule has 1 unspecified atom stereocenters. The van der Waals surface area contributed by atoms with Crippen molar-refractivity contribution in [3.05, 3.63) is 71.6 Å². The number of ether oxygens (including phenoxy) is 2. The Labute approximate surface area is 210 Å². The zero-order valence-electron chi connectivity index (χ0n) is 19.4. The first-order chi connectivity index (χ1) is 17.2. The van der Waals surface area contributed by atoms with Crippen LogP contribution in [0, 0.1) is 17.5 Å². The molecule has 4 rings (SSSR count). The molecule has 0 aliphatic heterocycles. The maximum absolute atomic E-state index is 14.7. The SMILES string of the molecule is COc1cccc(F)c1-c1cc(C)ncc1C(=O)Nc1nnc(OCc2ccc(S(C)(=N)=O)cn2)s1. The number of aromatic nitrogens is 4. The third-order valence-corrected chi connectivity index (χ3v) is 6.86. The van der Waals surface area contributed by atoms with E-state index < -0.39 is 21.5 Å². The lowest BCUT2D eigenvalue weighted by Crippen LogP contribution is -2.14. The molecule has 36 heavy (non-hydrogen) atoms. The van der Waals surface area contributed by atoms with E-state index in [1.807, 2.05) is 0 Å². The second kappa shape index (κ2) is 10.3. The summed E-state index contributed by atoms with van der Waals surface area (Å²) in [5.41, 5.74) is 1.75. The second-order valence-corrected chi connectivity index (χ2v) is 10.7. The van der Waals surface area contributed by atoms with Gasteiger partial charge in [-0.1, -0.05) is 11.2 Å². The van der Waals surface area contributed by atoms with Crippen LogP contribution in [0.4, 0.5) is 9.52 Å². The summed E-state index contributed by atoms with van der Waals surface area (Å²) in [6, 6.07) is 9.21. The zero-order valence-corrected chi connectivity index (χ0v) is 21.1. The minimum atomic E-state index is -2.84. The van der Waals surface area contributed by atoms with Crippen molar-refractivity contribution in [2.24, 2.45) is 0 Å². The Morgan fingerprint density at radius 1 is 1.19 bits per heavy atom. The molecular formula is C23H21FN6O4S2. The summed E-state index contributed by atoms with van der Waals surface area (Å²) in [4.78, 5) is 21.7. The number of aryl methyl sites for hydroxylation is 1. The Hall–Kier alpha value is -3.97. The monoisotopic (exact) mass is 528 g/mol. The predicted octanol–water partition coefficient (Wildman–Crippen LogP) is 4.32. The number of methoxy groups -OCH3 is 1. The standard InChI is InChI=1S/C23H21FN6O4S2/c1-13-9-16(20-18(24)5-4-6-19(20)33-2)17(11-26-13)21(31)28-22-29-30-23(35-22)34-12-14-7-8-15(10-27-14)36(3,25)32/h4-11,25H,12H2,1-3H3,(H,28,29,31). The van der Waals surface area contributed by atoms with Crippen molar-refractivity contribution in [2.45, 2.75) is 18.4 Å². The minimum Gasteiger partial charge on any atom is -0.496 e. The minimum absolute atomic E-state index is 0.0604. The fourth-order valence-corrected chi connectivity index (χ4v) is 4.40. The zero-order chi connectivity index (χ0) is 25.9. The van der Waals surface area contributed by atoms with Crippen LogP contribution in [-0.4, -0.2) is 43.6 Å². The lowest BCUT2D eigenvalue weighted by molar-refractivity contribution is 0.102. The van der Waals surface area contributed by atoms with Crippen molar-refractivity contribution in [2.75, 3.05) is 18.7 Å². The van der Waals surface area contributed by atoms with Crippen molar-refractivity contribution >= 4 is 32.1 Å². The van der Waals surface area contributed by atoms with Gasteiger partial charge in [0, 0.05) is 29.9 Å². The molecule has 4 aromatic rings. The Morgan fingerprint density at radius 2 is 2.00 bits per heavy atom. The molecule has 1 atom stereocenters. The van der Waals surface area contributed by atoms with Gasteiger partial charge in [-0.3, -0.25) is 20.1 Å². The molecular weight excluding hydrogens is 507 g/mol. The molecule has 0 radical (unpaired) electrons. The number of carbonyl (C=O) groups excluding carboxylic acids is 1. The van der Waals surface area contributed by atoms with E-state index >= 15 is 0 Å². The summed E-state index contributed by atoms with van der Waals surface area (Å²) in [5.74, 6) is -0.806. The molecule has 0 fully saturated rings. The van der Waals surface area contributed by atoms with Gasteiger partial charge in [-0.15, -0.1) is 5.10 Å². The van der Waals surface area contributed by atoms with Gasteiger partial charge in [-0.2, -0.15) is 0 Å². The number of nitrogens with one attached hydrogen (secondary N) is 2. The average molecular weight is 529 g/mol. The largest absolute Gasteiger partial charge is 0.496 e. The number of pyridine rings is 2. The molecule has 0 spiro atoms. The summed E-state index contributed by atoms with van der Waals surface area (Å²) < 4.78 is 45.0. The molecule has 0 saturated heterocycles. The normalized spacial score (nSPS) is 12.6. The van der Waals surface area contributed by atoms with E-state index in [-0.39, 0.29) is 33.8 Å². The summed E-state index contributed by atoms with van der Waals surface area (Å²) in [5, 5.41) is 10.8. The Kier molecular flexibility index (Phi) is 7.22. The Balaban J connectivity index is 1.50. The summed E-state index contributed by atoms with van der Waals surface area (Å²) in [6.07, 6.45) is 4.06. The van der Waals surface area contributed by atoms with Crippen LogP contribution in [0.15, 0.2) is 53.7 Å². The fraction of sp³-hybridized carbons (Fsp3) is 0.174. The first kappa shape index (κ1) is 25.1. The van der Waals surface area contributed by atoms with Gasteiger partial charge in [-0.25, -0.2) is 13.4 Å². The highest BCUT2D eigenvalue weighted by Crippen LogP contribution is 2.35. The third-order valence-electron chi connectivity index (χ3n) is 4.97. The molecule has 0 saturated carbocycles. The van der Waals surface area contributed by atoms with Crippen LogP contribution in [0.1, 0.15) is 21.7 Å². The first-order valence-corrected chi connectivity index (χ1v) is 13.2. The van der Waals surface area contributed by atoms with Crippen LogP contribution >= 0.6 is 11.3 Å². The van der Waals surface area contributed by atoms with Gasteiger partial charge >= 0.3 is 0 Å². The molecule has 13 heteroatoms. The molecule has 1 aromatic carbocycles. The summed E-state index contributed by atoms with van der Waals surface area (Å²) in [7, 11) is -1.42. The highest BCUT2D eigenvalue weighted by molar-refractivity contribution is 7.91. The number of hydrogen-bond donors (Lipinski definition) is 2. The number of anilines is 1. The number of nitrogens with zero attached hydrogens (tertiary/aromatic N) is 4. The van der Waals surface area contributed by atoms with Crippen molar-refractivity contribution in [3.8, 4) is 22.1 Å². The molecule has 2 N–H and O–H groups in total. The van der Waals surface area contributed by atoms with E-state index in [2.05, 4.69) is 25.5 Å².